The van der Waals surface area contributed by atoms with Gasteiger partial charge in [0.1, 0.15) is 11.9 Å². The highest BCUT2D eigenvalue weighted by molar-refractivity contribution is 9.10. The lowest BCUT2D eigenvalue weighted by Crippen LogP contribution is -2.06. The Labute approximate surface area is 91.8 Å². The topological polar surface area (TPSA) is 38.7 Å². The van der Waals surface area contributed by atoms with Crippen LogP contribution in [0.5, 0.6) is 5.75 Å². The average molecular weight is 261 g/mol. The van der Waals surface area contributed by atoms with E-state index >= 15 is 0 Å². The molecule has 1 rings (SSSR count). The van der Waals surface area contributed by atoms with Gasteiger partial charge in [0.05, 0.1) is 13.7 Å². The molecule has 1 N–H and O–H groups in total. The molecule has 0 saturated heterocycles. The van der Waals surface area contributed by atoms with Crippen molar-refractivity contribution >= 4 is 15.9 Å². The molecule has 0 aliphatic carbocycles. The molecule has 0 fully saturated rings. The van der Waals surface area contributed by atoms with Crippen LogP contribution in [0.25, 0.3) is 0 Å². The third kappa shape index (κ3) is 2.70. The van der Waals surface area contributed by atoms with Crippen LogP contribution in [0.3, 0.4) is 0 Å². The fourth-order valence-corrected chi connectivity index (χ4v) is 1.66. The predicted molar refractivity (Wildman–Crippen MR) is 57.5 cm³/mol. The fraction of sp³-hybridized carbons (Fsp3) is 0.400. The van der Waals surface area contributed by atoms with Gasteiger partial charge in [0.15, 0.2) is 0 Å². The number of hydrogen-bond donors (Lipinski definition) is 1. The van der Waals surface area contributed by atoms with Crippen LogP contribution in [0.15, 0.2) is 22.7 Å². The molecule has 4 heteroatoms. The summed E-state index contributed by atoms with van der Waals surface area (Å²) in [5, 5.41) is 9.71. The van der Waals surface area contributed by atoms with E-state index in [0.29, 0.717) is 0 Å². The molecule has 0 saturated carbocycles. The first-order valence-corrected chi connectivity index (χ1v) is 4.98. The van der Waals surface area contributed by atoms with E-state index in [0.717, 1.165) is 15.8 Å². The van der Waals surface area contributed by atoms with E-state index in [2.05, 4.69) is 15.9 Å². The summed E-state index contributed by atoms with van der Waals surface area (Å²) in [4.78, 5) is 0. The number of aliphatic hydroxyl groups is 1. The molecule has 1 atom stereocenters. The quantitative estimate of drug-likeness (QED) is 0.902. The molecule has 1 unspecified atom stereocenters. The molecule has 14 heavy (non-hydrogen) atoms. The number of halogens is 1. The highest BCUT2D eigenvalue weighted by Gasteiger charge is 2.11. The first-order valence-electron chi connectivity index (χ1n) is 4.19. The second-order valence-electron chi connectivity index (χ2n) is 2.86. The van der Waals surface area contributed by atoms with Crippen molar-refractivity contribution in [2.75, 3.05) is 20.8 Å². The van der Waals surface area contributed by atoms with Crippen LogP contribution in [-0.2, 0) is 4.74 Å². The summed E-state index contributed by atoms with van der Waals surface area (Å²) in [7, 11) is 3.15. The molecular formula is C10H13BrO3. The zero-order valence-corrected chi connectivity index (χ0v) is 9.74. The van der Waals surface area contributed by atoms with E-state index in [1.165, 1.54) is 0 Å². The zero-order chi connectivity index (χ0) is 10.6. The van der Waals surface area contributed by atoms with Gasteiger partial charge >= 0.3 is 0 Å². The van der Waals surface area contributed by atoms with Crippen LogP contribution in [0.2, 0.25) is 0 Å². The van der Waals surface area contributed by atoms with Gasteiger partial charge in [-0.15, -0.1) is 0 Å². The van der Waals surface area contributed by atoms with Crippen LogP contribution >= 0.6 is 15.9 Å². The minimum atomic E-state index is -0.635. The Bertz CT molecular complexity index is 301. The van der Waals surface area contributed by atoms with E-state index in [4.69, 9.17) is 9.47 Å². The summed E-state index contributed by atoms with van der Waals surface area (Å²) in [6.07, 6.45) is -0.635. The highest BCUT2D eigenvalue weighted by atomic mass is 79.9. The summed E-state index contributed by atoms with van der Waals surface area (Å²) in [5.74, 6) is 0.721. The zero-order valence-electron chi connectivity index (χ0n) is 8.16. The third-order valence-corrected chi connectivity index (χ3v) is 2.61. The number of methoxy groups -OCH3 is 2. The monoisotopic (exact) mass is 260 g/mol. The SMILES string of the molecule is COCC(O)c1cc(OC)ccc1Br. The van der Waals surface area contributed by atoms with Crippen molar-refractivity contribution in [1.29, 1.82) is 0 Å². The molecule has 0 amide bonds. The maximum Gasteiger partial charge on any atom is 0.119 e. The lowest BCUT2D eigenvalue weighted by atomic mass is 10.1. The number of benzene rings is 1. The van der Waals surface area contributed by atoms with Crippen molar-refractivity contribution in [3.05, 3.63) is 28.2 Å². The van der Waals surface area contributed by atoms with Gasteiger partial charge in [-0.2, -0.15) is 0 Å². The summed E-state index contributed by atoms with van der Waals surface area (Å²) in [6, 6.07) is 5.45. The molecule has 78 valence electrons. The van der Waals surface area contributed by atoms with Crippen LogP contribution in [0, 0.1) is 0 Å². The Morgan fingerprint density at radius 3 is 2.71 bits per heavy atom. The third-order valence-electron chi connectivity index (χ3n) is 1.89. The van der Waals surface area contributed by atoms with Gasteiger partial charge in [0.2, 0.25) is 0 Å². The molecule has 0 aliphatic rings. The lowest BCUT2D eigenvalue weighted by molar-refractivity contribution is 0.0638. The number of hydrogen-bond acceptors (Lipinski definition) is 3. The standard InChI is InChI=1S/C10H13BrO3/c1-13-6-10(12)8-5-7(14-2)3-4-9(8)11/h3-5,10,12H,6H2,1-2H3. The second kappa shape index (κ2) is 5.34. The van der Waals surface area contributed by atoms with E-state index in [1.54, 1.807) is 20.3 Å². The summed E-state index contributed by atoms with van der Waals surface area (Å²) >= 11 is 3.36. The number of ether oxygens (including phenoxy) is 2. The molecule has 0 aromatic heterocycles. The molecule has 1 aromatic carbocycles. The smallest absolute Gasteiger partial charge is 0.119 e. The van der Waals surface area contributed by atoms with E-state index in [1.807, 2.05) is 12.1 Å². The Morgan fingerprint density at radius 1 is 1.43 bits per heavy atom. The number of rotatable bonds is 4. The number of aliphatic hydroxyl groups excluding tert-OH is 1. The minimum absolute atomic E-state index is 0.270. The summed E-state index contributed by atoms with van der Waals surface area (Å²) in [5.41, 5.74) is 0.770. The molecule has 3 nitrogen and oxygen atoms in total. The summed E-state index contributed by atoms with van der Waals surface area (Å²) in [6.45, 7) is 0.270. The van der Waals surface area contributed by atoms with Gasteiger partial charge in [0.25, 0.3) is 0 Å². The van der Waals surface area contributed by atoms with Crippen LogP contribution < -0.4 is 4.74 Å². The normalized spacial score (nSPS) is 12.6. The largest absolute Gasteiger partial charge is 0.497 e. The Kier molecular flexibility index (Phi) is 4.38. The maximum atomic E-state index is 9.71. The van der Waals surface area contributed by atoms with Crippen molar-refractivity contribution in [3.63, 3.8) is 0 Å². The maximum absolute atomic E-state index is 9.71. The molecule has 1 aromatic rings. The molecular weight excluding hydrogens is 248 g/mol. The molecule has 0 radical (unpaired) electrons. The van der Waals surface area contributed by atoms with E-state index < -0.39 is 6.10 Å². The van der Waals surface area contributed by atoms with Crippen molar-refractivity contribution < 1.29 is 14.6 Å². The van der Waals surface area contributed by atoms with E-state index in [9.17, 15) is 5.11 Å². The fourth-order valence-electron chi connectivity index (χ4n) is 1.15. The van der Waals surface area contributed by atoms with E-state index in [-0.39, 0.29) is 6.61 Å². The second-order valence-corrected chi connectivity index (χ2v) is 3.71. The first kappa shape index (κ1) is 11.5. The van der Waals surface area contributed by atoms with Gasteiger partial charge in [-0.25, -0.2) is 0 Å². The molecule has 0 aliphatic heterocycles. The molecule has 0 bridgehead atoms. The molecule has 0 spiro atoms. The van der Waals surface area contributed by atoms with Gasteiger partial charge in [-0.05, 0) is 18.2 Å². The van der Waals surface area contributed by atoms with Crippen LogP contribution in [-0.4, -0.2) is 25.9 Å². The van der Waals surface area contributed by atoms with Gasteiger partial charge in [0, 0.05) is 17.1 Å². The minimum Gasteiger partial charge on any atom is -0.497 e. The Balaban J connectivity index is 2.93. The Hall–Kier alpha value is -0.580. The highest BCUT2D eigenvalue weighted by Crippen LogP contribution is 2.27. The van der Waals surface area contributed by atoms with Crippen molar-refractivity contribution in [2.45, 2.75) is 6.10 Å². The molecule has 0 heterocycles. The average Bonchev–Trinajstić information content (AvgIpc) is 2.19. The Morgan fingerprint density at radius 2 is 2.14 bits per heavy atom. The van der Waals surface area contributed by atoms with Crippen LogP contribution in [0.4, 0.5) is 0 Å². The summed E-state index contributed by atoms with van der Waals surface area (Å²) < 4.78 is 10.8. The first-order chi connectivity index (χ1) is 6.69. The van der Waals surface area contributed by atoms with Crippen molar-refractivity contribution in [2.24, 2.45) is 0 Å². The van der Waals surface area contributed by atoms with Gasteiger partial charge < -0.3 is 14.6 Å². The predicted octanol–water partition coefficient (Wildman–Crippen LogP) is 2.14. The van der Waals surface area contributed by atoms with Crippen molar-refractivity contribution in [3.8, 4) is 5.75 Å². The van der Waals surface area contributed by atoms with Gasteiger partial charge in [-0.1, -0.05) is 15.9 Å². The van der Waals surface area contributed by atoms with Crippen LogP contribution in [0.1, 0.15) is 11.7 Å². The van der Waals surface area contributed by atoms with Crippen molar-refractivity contribution in [1.82, 2.24) is 0 Å². The van der Waals surface area contributed by atoms with Gasteiger partial charge in [-0.3, -0.25) is 0 Å². The lowest BCUT2D eigenvalue weighted by Gasteiger charge is -2.12.